The maximum absolute atomic E-state index is 5.77. The summed E-state index contributed by atoms with van der Waals surface area (Å²) in [6, 6.07) is 1.79. The van der Waals surface area contributed by atoms with E-state index in [1.54, 1.807) is 13.2 Å². The molecule has 2 fully saturated rings. The van der Waals surface area contributed by atoms with Crippen LogP contribution in [-0.4, -0.2) is 23.6 Å². The van der Waals surface area contributed by atoms with Crippen LogP contribution in [0.15, 0.2) is 6.07 Å². The highest BCUT2D eigenvalue weighted by Gasteiger charge is 2.53. The molecule has 0 aliphatic heterocycles. The first-order valence-electron chi connectivity index (χ1n) is 6.58. The molecule has 2 saturated carbocycles. The first kappa shape index (κ1) is 11.7. The van der Waals surface area contributed by atoms with Crippen LogP contribution in [0.25, 0.3) is 0 Å². The molecule has 2 aliphatic rings. The van der Waals surface area contributed by atoms with Crippen LogP contribution >= 0.6 is 0 Å². The van der Waals surface area contributed by atoms with Crippen molar-refractivity contribution in [2.24, 2.45) is 11.3 Å². The highest BCUT2D eigenvalue weighted by Crippen LogP contribution is 2.61. The first-order valence-corrected chi connectivity index (χ1v) is 6.58. The monoisotopic (exact) mass is 248 g/mol. The minimum absolute atomic E-state index is 0.396. The number of hydrogen-bond acceptors (Lipinski definition) is 5. The van der Waals surface area contributed by atoms with E-state index in [1.807, 2.05) is 0 Å². The lowest BCUT2D eigenvalue weighted by molar-refractivity contribution is 0.178. The normalized spacial score (nSPS) is 20.7. The Morgan fingerprint density at radius 1 is 1.44 bits per heavy atom. The summed E-state index contributed by atoms with van der Waals surface area (Å²) in [6.45, 7) is 1.41. The van der Waals surface area contributed by atoms with Gasteiger partial charge < -0.3 is 15.8 Å². The van der Waals surface area contributed by atoms with Gasteiger partial charge in [-0.3, -0.25) is 0 Å². The summed E-state index contributed by atoms with van der Waals surface area (Å²) in [7, 11) is 1.63. The van der Waals surface area contributed by atoms with E-state index in [-0.39, 0.29) is 0 Å². The van der Waals surface area contributed by atoms with Crippen molar-refractivity contribution in [1.29, 1.82) is 0 Å². The van der Waals surface area contributed by atoms with Crippen LogP contribution in [0.3, 0.4) is 0 Å². The summed E-state index contributed by atoms with van der Waals surface area (Å²) in [5, 5.41) is 3.42. The van der Waals surface area contributed by atoms with Gasteiger partial charge in [-0.15, -0.1) is 0 Å². The summed E-state index contributed by atoms with van der Waals surface area (Å²) in [4.78, 5) is 8.54. The molecule has 3 rings (SSSR count). The van der Waals surface area contributed by atoms with Crippen molar-refractivity contribution < 1.29 is 4.74 Å². The Morgan fingerprint density at radius 3 is 2.83 bits per heavy atom. The summed E-state index contributed by atoms with van der Waals surface area (Å²) >= 11 is 0. The molecule has 0 amide bonds. The van der Waals surface area contributed by atoms with Gasteiger partial charge in [-0.2, -0.15) is 0 Å². The fraction of sp³-hybridized carbons (Fsp3) is 0.692. The molecular weight excluding hydrogens is 228 g/mol. The van der Waals surface area contributed by atoms with Crippen LogP contribution in [0.1, 0.15) is 31.5 Å². The third-order valence-electron chi connectivity index (χ3n) is 4.02. The molecule has 0 aromatic carbocycles. The second-order valence-electron chi connectivity index (χ2n) is 5.52. The zero-order valence-electron chi connectivity index (χ0n) is 10.8. The van der Waals surface area contributed by atoms with Gasteiger partial charge in [0.1, 0.15) is 18.2 Å². The molecular formula is C13H20N4O. The molecule has 5 heteroatoms. The van der Waals surface area contributed by atoms with E-state index >= 15 is 0 Å². The van der Waals surface area contributed by atoms with E-state index in [1.165, 1.54) is 25.7 Å². The Labute approximate surface area is 107 Å². The largest absolute Gasteiger partial charge is 0.384 e. The molecule has 0 spiro atoms. The van der Waals surface area contributed by atoms with Gasteiger partial charge in [0.05, 0.1) is 0 Å². The second kappa shape index (κ2) is 4.39. The third kappa shape index (κ3) is 2.41. The lowest BCUT2D eigenvalue weighted by Gasteiger charge is -2.16. The average Bonchev–Trinajstić information content (AvgIpc) is 3.19. The molecule has 3 N–H and O–H groups in total. The number of ether oxygens (including phenoxy) is 1. The molecule has 0 unspecified atom stereocenters. The van der Waals surface area contributed by atoms with Gasteiger partial charge in [0.25, 0.3) is 0 Å². The standard InChI is InChI=1S/C13H20N4O/c1-18-7-12-16-10(14)6-11(17-12)15-8-13(4-5-13)9-2-3-9/h6,9H,2-5,7-8H2,1H3,(H3,14,15,16,17). The van der Waals surface area contributed by atoms with Crippen LogP contribution in [0.5, 0.6) is 0 Å². The van der Waals surface area contributed by atoms with Crippen molar-refractivity contribution in [2.75, 3.05) is 24.7 Å². The molecule has 18 heavy (non-hydrogen) atoms. The van der Waals surface area contributed by atoms with E-state index in [0.717, 1.165) is 18.3 Å². The minimum Gasteiger partial charge on any atom is -0.384 e. The maximum Gasteiger partial charge on any atom is 0.158 e. The van der Waals surface area contributed by atoms with Crippen LogP contribution in [-0.2, 0) is 11.3 Å². The highest BCUT2D eigenvalue weighted by molar-refractivity contribution is 5.45. The quantitative estimate of drug-likeness (QED) is 0.803. The van der Waals surface area contributed by atoms with E-state index in [2.05, 4.69) is 15.3 Å². The summed E-state index contributed by atoms with van der Waals surface area (Å²) in [5.41, 5.74) is 6.33. The van der Waals surface area contributed by atoms with Crippen molar-refractivity contribution in [3.63, 3.8) is 0 Å². The fourth-order valence-corrected chi connectivity index (χ4v) is 2.65. The van der Waals surface area contributed by atoms with Crippen molar-refractivity contribution in [2.45, 2.75) is 32.3 Å². The molecule has 0 saturated heterocycles. The highest BCUT2D eigenvalue weighted by atomic mass is 16.5. The van der Waals surface area contributed by atoms with Gasteiger partial charge in [-0.25, -0.2) is 9.97 Å². The number of hydrogen-bond donors (Lipinski definition) is 2. The summed E-state index contributed by atoms with van der Waals surface area (Å²) in [5.74, 6) is 2.90. The molecule has 0 atom stereocenters. The van der Waals surface area contributed by atoms with E-state index in [9.17, 15) is 0 Å². The maximum atomic E-state index is 5.77. The van der Waals surface area contributed by atoms with Crippen molar-refractivity contribution in [3.05, 3.63) is 11.9 Å². The predicted octanol–water partition coefficient (Wildman–Crippen LogP) is 1.81. The van der Waals surface area contributed by atoms with E-state index in [0.29, 0.717) is 23.7 Å². The molecule has 0 bridgehead atoms. The number of aromatic nitrogens is 2. The second-order valence-corrected chi connectivity index (χ2v) is 5.52. The number of methoxy groups -OCH3 is 1. The van der Waals surface area contributed by atoms with E-state index in [4.69, 9.17) is 10.5 Å². The Balaban J connectivity index is 1.64. The number of nitrogens with two attached hydrogens (primary N) is 1. The van der Waals surface area contributed by atoms with Crippen LogP contribution in [0.2, 0.25) is 0 Å². The number of nitrogens with zero attached hydrogens (tertiary/aromatic N) is 2. The average molecular weight is 248 g/mol. The molecule has 0 radical (unpaired) electrons. The molecule has 98 valence electrons. The summed E-state index contributed by atoms with van der Waals surface area (Å²) in [6.07, 6.45) is 5.53. The van der Waals surface area contributed by atoms with Crippen LogP contribution < -0.4 is 11.1 Å². The summed E-state index contributed by atoms with van der Waals surface area (Å²) < 4.78 is 5.04. The van der Waals surface area contributed by atoms with Gasteiger partial charge >= 0.3 is 0 Å². The zero-order valence-corrected chi connectivity index (χ0v) is 10.8. The van der Waals surface area contributed by atoms with Crippen molar-refractivity contribution in [1.82, 2.24) is 9.97 Å². The topological polar surface area (TPSA) is 73.1 Å². The Morgan fingerprint density at radius 2 is 2.22 bits per heavy atom. The fourth-order valence-electron chi connectivity index (χ4n) is 2.65. The Hall–Kier alpha value is -1.36. The van der Waals surface area contributed by atoms with Crippen molar-refractivity contribution >= 4 is 11.6 Å². The zero-order chi connectivity index (χ0) is 12.6. The van der Waals surface area contributed by atoms with Crippen molar-refractivity contribution in [3.8, 4) is 0 Å². The Kier molecular flexibility index (Phi) is 2.86. The SMILES string of the molecule is COCc1nc(N)cc(NCC2(C3CC3)CC2)n1. The molecule has 5 nitrogen and oxygen atoms in total. The third-order valence-corrected chi connectivity index (χ3v) is 4.02. The number of rotatable bonds is 6. The number of anilines is 2. The molecule has 2 aliphatic carbocycles. The van der Waals surface area contributed by atoms with Gasteiger partial charge in [0, 0.05) is 19.7 Å². The molecule has 1 aromatic rings. The predicted molar refractivity (Wildman–Crippen MR) is 70.0 cm³/mol. The van der Waals surface area contributed by atoms with Gasteiger partial charge in [-0.05, 0) is 37.0 Å². The van der Waals surface area contributed by atoms with Gasteiger partial charge in [-0.1, -0.05) is 0 Å². The lowest BCUT2D eigenvalue weighted by Crippen LogP contribution is -2.18. The smallest absolute Gasteiger partial charge is 0.158 e. The molecule has 1 aromatic heterocycles. The van der Waals surface area contributed by atoms with Gasteiger partial charge in [0.15, 0.2) is 5.82 Å². The van der Waals surface area contributed by atoms with E-state index < -0.39 is 0 Å². The first-order chi connectivity index (χ1) is 8.72. The molecule has 1 heterocycles. The Bertz CT molecular complexity index is 441. The van der Waals surface area contributed by atoms with Gasteiger partial charge in [0.2, 0.25) is 0 Å². The number of nitrogens with one attached hydrogen (secondary N) is 1. The van der Waals surface area contributed by atoms with Crippen LogP contribution in [0.4, 0.5) is 11.6 Å². The number of nitrogen functional groups attached to an aromatic ring is 1. The van der Waals surface area contributed by atoms with Crippen LogP contribution in [0, 0.1) is 11.3 Å². The minimum atomic E-state index is 0.396. The lowest BCUT2D eigenvalue weighted by atomic mass is 10.0.